The average Bonchev–Trinajstić information content (AvgIpc) is 3.08. The lowest BCUT2D eigenvalue weighted by atomic mass is 9.87. The van der Waals surface area contributed by atoms with Crippen LogP contribution in [0.4, 0.5) is 4.79 Å². The molecular formula is C22H29NO4. The summed E-state index contributed by atoms with van der Waals surface area (Å²) in [5.74, 6) is 1.38. The quantitative estimate of drug-likeness (QED) is 0.587. The highest BCUT2D eigenvalue weighted by atomic mass is 16.6. The van der Waals surface area contributed by atoms with Gasteiger partial charge in [0.2, 0.25) is 0 Å². The van der Waals surface area contributed by atoms with Crippen molar-refractivity contribution in [2.75, 3.05) is 19.7 Å². The molecule has 1 amide bonds. The Bertz CT molecular complexity index is 724. The summed E-state index contributed by atoms with van der Waals surface area (Å²) >= 11 is 0. The van der Waals surface area contributed by atoms with Crippen LogP contribution < -0.4 is 4.74 Å². The third kappa shape index (κ3) is 5.12. The van der Waals surface area contributed by atoms with Gasteiger partial charge < -0.3 is 14.4 Å². The molecule has 2 heterocycles. The number of hydrogen-bond acceptors (Lipinski definition) is 4. The Morgan fingerprint density at radius 3 is 2.70 bits per heavy atom. The van der Waals surface area contributed by atoms with Gasteiger partial charge in [-0.3, -0.25) is 4.79 Å². The van der Waals surface area contributed by atoms with Crippen LogP contribution in [0, 0.1) is 5.92 Å². The molecule has 0 spiro atoms. The van der Waals surface area contributed by atoms with Gasteiger partial charge >= 0.3 is 6.09 Å². The van der Waals surface area contributed by atoms with Crippen LogP contribution in [0.25, 0.3) is 5.57 Å². The lowest BCUT2D eigenvalue weighted by Gasteiger charge is -2.33. The summed E-state index contributed by atoms with van der Waals surface area (Å²) in [6, 6.07) is 6.23. The number of nitrogens with zero attached hydrogens (tertiary/aromatic N) is 1. The smallest absolute Gasteiger partial charge is 0.410 e. The van der Waals surface area contributed by atoms with E-state index in [1.807, 2.05) is 26.8 Å². The number of carbonyl (C=O) groups excluding carboxylic acids is 2. The van der Waals surface area contributed by atoms with Crippen LogP contribution in [-0.4, -0.2) is 42.6 Å². The molecule has 1 aromatic rings. The van der Waals surface area contributed by atoms with Crippen LogP contribution in [0.3, 0.4) is 0 Å². The number of allylic oxidation sites excluding steroid dienone is 2. The summed E-state index contributed by atoms with van der Waals surface area (Å²) in [5.41, 5.74) is 2.86. The molecule has 1 fully saturated rings. The summed E-state index contributed by atoms with van der Waals surface area (Å²) in [5, 5.41) is 0. The number of piperidine rings is 1. The van der Waals surface area contributed by atoms with E-state index < -0.39 is 5.60 Å². The van der Waals surface area contributed by atoms with Crippen LogP contribution in [-0.2, 0) is 16.0 Å². The predicted molar refractivity (Wildman–Crippen MR) is 105 cm³/mol. The summed E-state index contributed by atoms with van der Waals surface area (Å²) < 4.78 is 11.1. The maximum atomic E-state index is 12.2. The number of ether oxygens (including phenoxy) is 2. The van der Waals surface area contributed by atoms with E-state index in [4.69, 9.17) is 9.47 Å². The fourth-order valence-corrected chi connectivity index (χ4v) is 3.69. The largest absolute Gasteiger partial charge is 0.493 e. The maximum Gasteiger partial charge on any atom is 0.410 e. The van der Waals surface area contributed by atoms with Gasteiger partial charge in [-0.25, -0.2) is 4.79 Å². The van der Waals surface area contributed by atoms with Crippen molar-refractivity contribution >= 4 is 18.0 Å². The lowest BCUT2D eigenvalue weighted by molar-refractivity contribution is -0.104. The molecule has 5 heteroatoms. The molecular weight excluding hydrogens is 342 g/mol. The maximum absolute atomic E-state index is 12.2. The van der Waals surface area contributed by atoms with Gasteiger partial charge in [-0.1, -0.05) is 12.1 Å². The second kappa shape index (κ2) is 8.15. The third-order valence-electron chi connectivity index (χ3n) is 5.11. The van der Waals surface area contributed by atoms with Crippen molar-refractivity contribution in [1.82, 2.24) is 4.90 Å². The van der Waals surface area contributed by atoms with E-state index in [0.717, 1.165) is 55.5 Å². The lowest BCUT2D eigenvalue weighted by Crippen LogP contribution is -2.41. The normalized spacial score (nSPS) is 18.0. The molecule has 0 bridgehead atoms. The molecule has 3 rings (SSSR count). The summed E-state index contributed by atoms with van der Waals surface area (Å²) in [4.78, 5) is 25.2. The zero-order valence-electron chi connectivity index (χ0n) is 16.5. The zero-order chi connectivity index (χ0) is 19.4. The monoisotopic (exact) mass is 371 g/mol. The van der Waals surface area contributed by atoms with Crippen molar-refractivity contribution in [2.24, 2.45) is 5.92 Å². The number of hydrogen-bond donors (Lipinski definition) is 0. The second-order valence-electron chi connectivity index (χ2n) is 8.36. The molecule has 0 radical (unpaired) electrons. The summed E-state index contributed by atoms with van der Waals surface area (Å²) in [6.07, 6.45) is 5.90. The summed E-state index contributed by atoms with van der Waals surface area (Å²) in [7, 11) is 0. The van der Waals surface area contributed by atoms with E-state index in [9.17, 15) is 9.59 Å². The van der Waals surface area contributed by atoms with Crippen molar-refractivity contribution < 1.29 is 19.1 Å². The fraction of sp³-hybridized carbons (Fsp3) is 0.545. The molecule has 27 heavy (non-hydrogen) atoms. The number of likely N-dealkylation sites (tertiary alicyclic amines) is 1. The van der Waals surface area contributed by atoms with Gasteiger partial charge in [0.15, 0.2) is 0 Å². The Kier molecular flexibility index (Phi) is 5.88. The van der Waals surface area contributed by atoms with Gasteiger partial charge in [-0.05, 0) is 74.8 Å². The third-order valence-corrected chi connectivity index (χ3v) is 5.11. The first-order valence-corrected chi connectivity index (χ1v) is 9.74. The van der Waals surface area contributed by atoms with E-state index in [0.29, 0.717) is 19.0 Å². The van der Waals surface area contributed by atoms with Crippen LogP contribution in [0.2, 0.25) is 0 Å². The number of amides is 1. The van der Waals surface area contributed by atoms with Crippen molar-refractivity contribution in [3.8, 4) is 5.75 Å². The molecule has 0 aliphatic carbocycles. The van der Waals surface area contributed by atoms with Crippen LogP contribution in [0.1, 0.15) is 51.2 Å². The molecule has 1 aromatic carbocycles. The number of aldehydes is 1. The second-order valence-corrected chi connectivity index (χ2v) is 8.36. The van der Waals surface area contributed by atoms with Gasteiger partial charge in [-0.15, -0.1) is 0 Å². The average molecular weight is 371 g/mol. The molecule has 0 unspecified atom stereocenters. The van der Waals surface area contributed by atoms with E-state index in [2.05, 4.69) is 12.1 Å². The van der Waals surface area contributed by atoms with Crippen molar-refractivity contribution in [3.05, 3.63) is 35.4 Å². The minimum atomic E-state index is -0.469. The topological polar surface area (TPSA) is 55.8 Å². The SMILES string of the molecule is CC(C)(C)OC(=O)N1CCC(C/C(=C/C=O)c2ccc3c(c2)OCC3)CC1. The van der Waals surface area contributed by atoms with Gasteiger partial charge in [0, 0.05) is 19.5 Å². The highest BCUT2D eigenvalue weighted by molar-refractivity contribution is 5.82. The van der Waals surface area contributed by atoms with Crippen LogP contribution >= 0.6 is 0 Å². The Morgan fingerprint density at radius 1 is 1.30 bits per heavy atom. The van der Waals surface area contributed by atoms with Gasteiger partial charge in [0.05, 0.1) is 6.61 Å². The fourth-order valence-electron chi connectivity index (χ4n) is 3.69. The molecule has 1 saturated heterocycles. The number of fused-ring (bicyclic) bond motifs is 1. The molecule has 0 atom stereocenters. The van der Waals surface area contributed by atoms with Crippen molar-refractivity contribution in [3.63, 3.8) is 0 Å². The minimum absolute atomic E-state index is 0.236. The van der Waals surface area contributed by atoms with E-state index >= 15 is 0 Å². The predicted octanol–water partition coefficient (Wildman–Crippen LogP) is 4.24. The van der Waals surface area contributed by atoms with Gasteiger partial charge in [0.1, 0.15) is 17.6 Å². The molecule has 146 valence electrons. The number of rotatable bonds is 4. The molecule has 0 N–H and O–H groups in total. The molecule has 2 aliphatic heterocycles. The first kappa shape index (κ1) is 19.5. The highest BCUT2D eigenvalue weighted by Crippen LogP contribution is 2.33. The van der Waals surface area contributed by atoms with Gasteiger partial charge in [-0.2, -0.15) is 0 Å². The number of benzene rings is 1. The van der Waals surface area contributed by atoms with Crippen molar-refractivity contribution in [2.45, 2.75) is 52.1 Å². The van der Waals surface area contributed by atoms with Crippen LogP contribution in [0.5, 0.6) is 5.75 Å². The molecule has 5 nitrogen and oxygen atoms in total. The Morgan fingerprint density at radius 2 is 2.04 bits per heavy atom. The summed E-state index contributed by atoms with van der Waals surface area (Å²) in [6.45, 7) is 7.77. The standard InChI is InChI=1S/C22H29NO4/c1-22(2,3)27-21(25)23-10-6-16(7-11-23)14-19(8-12-24)18-5-4-17-9-13-26-20(17)15-18/h4-5,8,12,15-16H,6-7,9-11,13-14H2,1-3H3/b19-8-. The molecule has 0 aromatic heterocycles. The Labute approximate surface area is 161 Å². The molecule has 2 aliphatic rings. The molecule has 0 saturated carbocycles. The van der Waals surface area contributed by atoms with Crippen molar-refractivity contribution in [1.29, 1.82) is 0 Å². The Balaban J connectivity index is 1.60. The minimum Gasteiger partial charge on any atom is -0.493 e. The first-order chi connectivity index (χ1) is 12.9. The van der Waals surface area contributed by atoms with E-state index in [1.54, 1.807) is 11.0 Å². The van der Waals surface area contributed by atoms with Crippen LogP contribution in [0.15, 0.2) is 24.3 Å². The van der Waals surface area contributed by atoms with E-state index in [-0.39, 0.29) is 6.09 Å². The highest BCUT2D eigenvalue weighted by Gasteiger charge is 2.27. The number of carbonyl (C=O) groups is 2. The first-order valence-electron chi connectivity index (χ1n) is 9.74. The van der Waals surface area contributed by atoms with Gasteiger partial charge in [0.25, 0.3) is 0 Å². The zero-order valence-corrected chi connectivity index (χ0v) is 16.5. The Hall–Kier alpha value is -2.30. The van der Waals surface area contributed by atoms with E-state index in [1.165, 1.54) is 5.56 Å².